The van der Waals surface area contributed by atoms with Crippen molar-refractivity contribution in [1.82, 2.24) is 10.3 Å². The van der Waals surface area contributed by atoms with Crippen LogP contribution in [0.1, 0.15) is 18.5 Å². The lowest BCUT2D eigenvalue weighted by molar-refractivity contribution is -0.0462. The van der Waals surface area contributed by atoms with Gasteiger partial charge < -0.3 is 4.74 Å². The van der Waals surface area contributed by atoms with Gasteiger partial charge in [0.25, 0.3) is 0 Å². The van der Waals surface area contributed by atoms with E-state index >= 15 is 0 Å². The summed E-state index contributed by atoms with van der Waals surface area (Å²) in [5, 5.41) is 0. The van der Waals surface area contributed by atoms with Crippen LogP contribution in [0, 0.1) is 5.82 Å². The maximum atomic E-state index is 14.2. The average molecular weight is 332 g/mol. The highest BCUT2D eigenvalue weighted by Crippen LogP contribution is 2.27. The number of nitrogens with one attached hydrogen (secondary N) is 1. The van der Waals surface area contributed by atoms with E-state index in [4.69, 9.17) is 10.6 Å². The van der Waals surface area contributed by atoms with Gasteiger partial charge in [-0.2, -0.15) is 0 Å². The van der Waals surface area contributed by atoms with Gasteiger partial charge in [0.2, 0.25) is 0 Å². The number of halogens is 2. The van der Waals surface area contributed by atoms with E-state index < -0.39 is 0 Å². The number of hydrogen-bond acceptors (Lipinski definition) is 4. The Balaban J connectivity index is 2.21. The average Bonchev–Trinajstić information content (AvgIpc) is 2.44. The number of rotatable bonds is 4. The molecule has 1 aromatic carbocycles. The van der Waals surface area contributed by atoms with E-state index in [-0.39, 0.29) is 18.0 Å². The molecule has 1 aliphatic rings. The normalized spacial score (nSPS) is 22.4. The highest BCUT2D eigenvalue weighted by Gasteiger charge is 2.30. The summed E-state index contributed by atoms with van der Waals surface area (Å²) in [5.41, 5.74) is 3.22. The number of morpholine rings is 1. The van der Waals surface area contributed by atoms with Crippen molar-refractivity contribution in [3.63, 3.8) is 0 Å². The topological polar surface area (TPSA) is 50.5 Å². The minimum Gasteiger partial charge on any atom is -0.374 e. The van der Waals surface area contributed by atoms with Gasteiger partial charge in [0.1, 0.15) is 5.82 Å². The number of ether oxygens (including phenoxy) is 1. The Labute approximate surface area is 121 Å². The fourth-order valence-corrected chi connectivity index (χ4v) is 2.76. The molecule has 1 saturated heterocycles. The molecule has 6 heteroatoms. The summed E-state index contributed by atoms with van der Waals surface area (Å²) in [6.45, 7) is 5.36. The number of hydrogen-bond donors (Lipinski definition) is 2. The lowest BCUT2D eigenvalue weighted by Crippen LogP contribution is -2.49. The Bertz CT molecular complexity index is 432. The maximum absolute atomic E-state index is 14.2. The number of hydrazine groups is 1. The first kappa shape index (κ1) is 14.9. The summed E-state index contributed by atoms with van der Waals surface area (Å²) in [7, 11) is 0. The molecule has 4 nitrogen and oxygen atoms in total. The quantitative estimate of drug-likeness (QED) is 0.652. The Morgan fingerprint density at radius 2 is 2.42 bits per heavy atom. The third-order valence-corrected chi connectivity index (χ3v) is 4.11. The van der Waals surface area contributed by atoms with E-state index in [0.29, 0.717) is 16.6 Å². The van der Waals surface area contributed by atoms with Gasteiger partial charge in [-0.05, 0) is 28.5 Å². The summed E-state index contributed by atoms with van der Waals surface area (Å²) < 4.78 is 20.3. The van der Waals surface area contributed by atoms with Crippen molar-refractivity contribution in [2.45, 2.75) is 19.1 Å². The van der Waals surface area contributed by atoms with Crippen LogP contribution in [-0.4, -0.2) is 37.2 Å². The first-order valence-electron chi connectivity index (χ1n) is 6.41. The molecular weight excluding hydrogens is 313 g/mol. The van der Waals surface area contributed by atoms with Crippen LogP contribution in [0.3, 0.4) is 0 Å². The van der Waals surface area contributed by atoms with Gasteiger partial charge in [-0.1, -0.05) is 19.1 Å². The maximum Gasteiger partial charge on any atom is 0.142 e. The molecule has 1 aromatic rings. The van der Waals surface area contributed by atoms with E-state index in [1.807, 2.05) is 0 Å². The fourth-order valence-electron chi connectivity index (χ4n) is 2.38. The van der Waals surface area contributed by atoms with Crippen LogP contribution in [0.2, 0.25) is 0 Å². The molecule has 0 amide bonds. The lowest BCUT2D eigenvalue weighted by Gasteiger charge is -2.36. The second-order valence-corrected chi connectivity index (χ2v) is 5.44. The highest BCUT2D eigenvalue weighted by atomic mass is 79.9. The summed E-state index contributed by atoms with van der Waals surface area (Å²) in [6, 6.07) is 4.85. The van der Waals surface area contributed by atoms with Gasteiger partial charge in [0.05, 0.1) is 23.2 Å². The molecule has 0 radical (unpaired) electrons. The Kier molecular flexibility index (Phi) is 5.29. The van der Waals surface area contributed by atoms with Crippen molar-refractivity contribution in [2.24, 2.45) is 5.84 Å². The van der Waals surface area contributed by atoms with Crippen LogP contribution in [-0.2, 0) is 4.74 Å². The summed E-state index contributed by atoms with van der Waals surface area (Å²) in [5.74, 6) is 5.32. The molecule has 0 saturated carbocycles. The molecule has 2 rings (SSSR count). The van der Waals surface area contributed by atoms with E-state index in [2.05, 4.69) is 33.2 Å². The van der Waals surface area contributed by atoms with Crippen molar-refractivity contribution in [3.05, 3.63) is 34.1 Å². The van der Waals surface area contributed by atoms with Crippen LogP contribution in [0.4, 0.5) is 4.39 Å². The number of nitrogens with two attached hydrogens (primary N) is 1. The summed E-state index contributed by atoms with van der Waals surface area (Å²) in [6.07, 6.45) is -0.150. The van der Waals surface area contributed by atoms with Gasteiger partial charge in [-0.25, -0.2) is 4.39 Å². The SMILES string of the molecule is CCN1CCOC(C(NN)c2cccc(Br)c2F)C1. The standard InChI is InChI=1S/C13H19BrFN3O/c1-2-18-6-7-19-11(8-18)13(17-16)9-4-3-5-10(14)12(9)15/h3-5,11,13,17H,2,6-8,16H2,1H3. The van der Waals surface area contributed by atoms with E-state index in [1.165, 1.54) is 0 Å². The predicted molar refractivity (Wildman–Crippen MR) is 76.0 cm³/mol. The van der Waals surface area contributed by atoms with Gasteiger partial charge in [0, 0.05) is 18.7 Å². The molecule has 0 spiro atoms. The minimum absolute atomic E-state index is 0.150. The Hall–Kier alpha value is -0.530. The third kappa shape index (κ3) is 3.32. The van der Waals surface area contributed by atoms with E-state index in [9.17, 15) is 4.39 Å². The molecule has 0 bridgehead atoms. The second kappa shape index (κ2) is 6.76. The molecule has 0 aliphatic carbocycles. The van der Waals surface area contributed by atoms with Gasteiger partial charge in [-0.15, -0.1) is 0 Å². The Morgan fingerprint density at radius 1 is 1.63 bits per heavy atom. The Morgan fingerprint density at radius 3 is 3.11 bits per heavy atom. The molecule has 2 unspecified atom stereocenters. The molecule has 0 aromatic heterocycles. The van der Waals surface area contributed by atoms with Crippen molar-refractivity contribution in [1.29, 1.82) is 0 Å². The van der Waals surface area contributed by atoms with Gasteiger partial charge >= 0.3 is 0 Å². The first-order valence-corrected chi connectivity index (χ1v) is 7.20. The first-order chi connectivity index (χ1) is 9.17. The van der Waals surface area contributed by atoms with Crippen LogP contribution >= 0.6 is 15.9 Å². The van der Waals surface area contributed by atoms with E-state index in [1.54, 1.807) is 18.2 Å². The molecule has 2 atom stereocenters. The molecule has 1 fully saturated rings. The highest BCUT2D eigenvalue weighted by molar-refractivity contribution is 9.10. The van der Waals surface area contributed by atoms with Crippen LogP contribution in [0.25, 0.3) is 0 Å². The second-order valence-electron chi connectivity index (χ2n) is 4.59. The lowest BCUT2D eigenvalue weighted by atomic mass is 10.00. The predicted octanol–water partition coefficient (Wildman–Crippen LogP) is 1.81. The molecular formula is C13H19BrFN3O. The van der Waals surface area contributed by atoms with Crippen LogP contribution < -0.4 is 11.3 Å². The molecule has 19 heavy (non-hydrogen) atoms. The van der Waals surface area contributed by atoms with Crippen molar-refractivity contribution in [2.75, 3.05) is 26.2 Å². The zero-order valence-corrected chi connectivity index (χ0v) is 12.5. The van der Waals surface area contributed by atoms with Crippen molar-refractivity contribution >= 4 is 15.9 Å². The molecule has 106 valence electrons. The zero-order valence-electron chi connectivity index (χ0n) is 10.9. The number of likely N-dealkylation sites (N-methyl/N-ethyl adjacent to an activating group) is 1. The number of benzene rings is 1. The summed E-state index contributed by atoms with van der Waals surface area (Å²) >= 11 is 3.20. The minimum atomic E-state index is -0.355. The largest absolute Gasteiger partial charge is 0.374 e. The smallest absolute Gasteiger partial charge is 0.142 e. The molecule has 3 N–H and O–H groups in total. The zero-order chi connectivity index (χ0) is 13.8. The molecule has 1 aliphatic heterocycles. The third-order valence-electron chi connectivity index (χ3n) is 3.49. The monoisotopic (exact) mass is 331 g/mol. The number of nitrogens with zero attached hydrogens (tertiary/aromatic N) is 1. The summed E-state index contributed by atoms with van der Waals surface area (Å²) in [4.78, 5) is 2.27. The van der Waals surface area contributed by atoms with Gasteiger partial charge in [-0.3, -0.25) is 16.2 Å². The van der Waals surface area contributed by atoms with Crippen LogP contribution in [0.5, 0.6) is 0 Å². The molecule has 1 heterocycles. The van der Waals surface area contributed by atoms with Crippen molar-refractivity contribution < 1.29 is 9.13 Å². The van der Waals surface area contributed by atoms with Crippen LogP contribution in [0.15, 0.2) is 22.7 Å². The van der Waals surface area contributed by atoms with Gasteiger partial charge in [0.15, 0.2) is 0 Å². The van der Waals surface area contributed by atoms with E-state index in [0.717, 1.165) is 19.6 Å². The fraction of sp³-hybridized carbons (Fsp3) is 0.538. The van der Waals surface area contributed by atoms with Crippen molar-refractivity contribution in [3.8, 4) is 0 Å².